The molecule has 0 aliphatic rings. The minimum atomic E-state index is -0.364. The van der Waals surface area contributed by atoms with Crippen LogP contribution in [0.1, 0.15) is 5.56 Å². The number of ether oxygens (including phenoxy) is 3. The first-order valence-corrected chi connectivity index (χ1v) is 8.35. The van der Waals surface area contributed by atoms with Crippen LogP contribution in [0.25, 0.3) is 0 Å². The van der Waals surface area contributed by atoms with Crippen LogP contribution in [0.4, 0.5) is 0 Å². The van der Waals surface area contributed by atoms with E-state index in [2.05, 4.69) is 31.2 Å². The molecule has 0 unspecified atom stereocenters. The van der Waals surface area contributed by atoms with Crippen LogP contribution in [0.3, 0.4) is 0 Å². The predicted octanol–water partition coefficient (Wildman–Crippen LogP) is 0.149. The van der Waals surface area contributed by atoms with Crippen molar-refractivity contribution in [3.05, 3.63) is 49.1 Å². The molecule has 0 saturated carbocycles. The first-order chi connectivity index (χ1) is 9.67. The zero-order valence-corrected chi connectivity index (χ0v) is 14.2. The molecule has 2 aromatic carbocycles. The molecule has 2 rings (SSSR count). The van der Waals surface area contributed by atoms with Crippen molar-refractivity contribution < 1.29 is 35.4 Å². The third-order valence-electron chi connectivity index (χ3n) is 2.87. The van der Waals surface area contributed by atoms with Crippen molar-refractivity contribution in [2.75, 3.05) is 21.3 Å². The molecule has 0 aliphatic heterocycles. The fourth-order valence-corrected chi connectivity index (χ4v) is 4.39. The van der Waals surface area contributed by atoms with Crippen LogP contribution in [0.5, 0.6) is 17.2 Å². The fraction of sp³-hybridized carbons (Fsp3) is 0.250. The Kier molecular flexibility index (Phi) is 5.11. The quantitative estimate of drug-likeness (QED) is 0.686. The van der Waals surface area contributed by atoms with Crippen molar-refractivity contribution in [2.24, 2.45) is 0 Å². The van der Waals surface area contributed by atoms with Gasteiger partial charge in [-0.15, -0.1) is 0 Å². The third-order valence-corrected chi connectivity index (χ3v) is 5.81. The van der Waals surface area contributed by atoms with E-state index < -0.39 is 0 Å². The van der Waals surface area contributed by atoms with Crippen LogP contribution in [0, 0.1) is 14.1 Å². The summed E-state index contributed by atoms with van der Waals surface area (Å²) in [5.41, 5.74) is 1.27. The standard InChI is InChI=1S/C16H18IO3/c1-11-5-7-12(8-6-11)17-16-14(19-3)9-13(18-2)10-15(16)20-4/h5-10H,1-4H3/q-1. The summed E-state index contributed by atoms with van der Waals surface area (Å²) in [4.78, 5) is 0. The number of aryl methyl sites for hydroxylation is 1. The monoisotopic (exact) mass is 385 g/mol. The number of hydrogen-bond donors (Lipinski definition) is 0. The van der Waals surface area contributed by atoms with Gasteiger partial charge in [0.2, 0.25) is 0 Å². The molecule has 0 heterocycles. The molecule has 2 aromatic rings. The summed E-state index contributed by atoms with van der Waals surface area (Å²) >= 11 is -0.364. The molecule has 3 nitrogen and oxygen atoms in total. The van der Waals surface area contributed by atoms with Gasteiger partial charge in [-0.2, -0.15) is 0 Å². The third kappa shape index (κ3) is 3.36. The van der Waals surface area contributed by atoms with Gasteiger partial charge in [0.1, 0.15) is 0 Å². The van der Waals surface area contributed by atoms with E-state index in [-0.39, 0.29) is 21.2 Å². The van der Waals surface area contributed by atoms with E-state index in [0.717, 1.165) is 20.8 Å². The maximum absolute atomic E-state index is 5.49. The Balaban J connectivity index is 2.41. The van der Waals surface area contributed by atoms with E-state index in [1.165, 1.54) is 9.13 Å². The van der Waals surface area contributed by atoms with Gasteiger partial charge in [-0.1, -0.05) is 0 Å². The van der Waals surface area contributed by atoms with E-state index in [9.17, 15) is 0 Å². The Morgan fingerprint density at radius 3 is 1.80 bits per heavy atom. The van der Waals surface area contributed by atoms with Crippen LogP contribution < -0.4 is 35.4 Å². The first kappa shape index (κ1) is 15.0. The molecule has 0 radical (unpaired) electrons. The Labute approximate surface area is 130 Å². The molecule has 0 atom stereocenters. The normalized spacial score (nSPS) is 10.4. The van der Waals surface area contributed by atoms with E-state index in [0.29, 0.717) is 0 Å². The molecule has 108 valence electrons. The zero-order valence-electron chi connectivity index (χ0n) is 12.1. The van der Waals surface area contributed by atoms with Crippen molar-refractivity contribution in [1.82, 2.24) is 0 Å². The van der Waals surface area contributed by atoms with E-state index in [4.69, 9.17) is 14.2 Å². The van der Waals surface area contributed by atoms with Crippen molar-refractivity contribution in [1.29, 1.82) is 0 Å². The summed E-state index contributed by atoms with van der Waals surface area (Å²) in [5, 5.41) is 0. The van der Waals surface area contributed by atoms with Gasteiger partial charge in [-0.25, -0.2) is 0 Å². The molecule has 0 aromatic heterocycles. The van der Waals surface area contributed by atoms with Gasteiger partial charge in [-0.05, 0) is 0 Å². The molecule has 20 heavy (non-hydrogen) atoms. The number of methoxy groups -OCH3 is 3. The van der Waals surface area contributed by atoms with Crippen molar-refractivity contribution >= 4 is 0 Å². The van der Waals surface area contributed by atoms with Crippen LogP contribution in [0.2, 0.25) is 0 Å². The average Bonchev–Trinajstić information content (AvgIpc) is 2.49. The van der Waals surface area contributed by atoms with Gasteiger partial charge in [0.25, 0.3) is 0 Å². The van der Waals surface area contributed by atoms with Crippen LogP contribution >= 0.6 is 0 Å². The minimum absolute atomic E-state index is 0.364. The molecule has 0 fully saturated rings. The predicted molar refractivity (Wildman–Crippen MR) is 74.7 cm³/mol. The van der Waals surface area contributed by atoms with Crippen LogP contribution in [-0.2, 0) is 0 Å². The Bertz CT molecular complexity index is 554. The molecule has 0 N–H and O–H groups in total. The summed E-state index contributed by atoms with van der Waals surface area (Å²) in [7, 11) is 5.00. The second-order valence-corrected chi connectivity index (χ2v) is 7.10. The van der Waals surface area contributed by atoms with Crippen LogP contribution in [-0.4, -0.2) is 21.3 Å². The average molecular weight is 385 g/mol. The Morgan fingerprint density at radius 1 is 0.800 bits per heavy atom. The molecular weight excluding hydrogens is 367 g/mol. The van der Waals surface area contributed by atoms with Gasteiger partial charge in [0, 0.05) is 0 Å². The second-order valence-electron chi connectivity index (χ2n) is 4.24. The number of benzene rings is 2. The SMILES string of the molecule is COc1cc(OC)c([I-]c2ccc(C)cc2)c(OC)c1. The van der Waals surface area contributed by atoms with Gasteiger partial charge in [-0.3, -0.25) is 0 Å². The second kappa shape index (κ2) is 6.83. The van der Waals surface area contributed by atoms with E-state index in [1.54, 1.807) is 21.3 Å². The van der Waals surface area contributed by atoms with Gasteiger partial charge in [0.05, 0.1) is 0 Å². The summed E-state index contributed by atoms with van der Waals surface area (Å²) in [6, 6.07) is 12.4. The summed E-state index contributed by atoms with van der Waals surface area (Å²) in [5.74, 6) is 2.40. The number of rotatable bonds is 5. The molecule has 0 saturated heterocycles. The number of hydrogen-bond acceptors (Lipinski definition) is 3. The summed E-state index contributed by atoms with van der Waals surface area (Å²) in [6.07, 6.45) is 0. The fourth-order valence-electron chi connectivity index (χ4n) is 1.76. The molecular formula is C16H18IO3-. The first-order valence-electron chi connectivity index (χ1n) is 6.19. The molecule has 0 amide bonds. The zero-order chi connectivity index (χ0) is 14.5. The molecule has 0 aliphatic carbocycles. The topological polar surface area (TPSA) is 27.7 Å². The van der Waals surface area contributed by atoms with Gasteiger partial charge >= 0.3 is 130 Å². The van der Waals surface area contributed by atoms with Crippen molar-refractivity contribution in [3.8, 4) is 17.2 Å². The van der Waals surface area contributed by atoms with Crippen LogP contribution in [0.15, 0.2) is 36.4 Å². The Hall–Kier alpha value is -1.43. The summed E-state index contributed by atoms with van der Waals surface area (Å²) < 4.78 is 18.7. The van der Waals surface area contributed by atoms with E-state index in [1.807, 2.05) is 12.1 Å². The summed E-state index contributed by atoms with van der Waals surface area (Å²) in [6.45, 7) is 2.09. The van der Waals surface area contributed by atoms with Crippen molar-refractivity contribution in [3.63, 3.8) is 0 Å². The van der Waals surface area contributed by atoms with Gasteiger partial charge in [0.15, 0.2) is 0 Å². The van der Waals surface area contributed by atoms with Gasteiger partial charge < -0.3 is 0 Å². The molecule has 4 heteroatoms. The Morgan fingerprint density at radius 2 is 1.35 bits per heavy atom. The van der Waals surface area contributed by atoms with E-state index >= 15 is 0 Å². The maximum atomic E-state index is 5.49. The number of halogens is 1. The molecule has 0 spiro atoms. The molecule has 0 bridgehead atoms. The van der Waals surface area contributed by atoms with Crippen molar-refractivity contribution in [2.45, 2.75) is 6.92 Å².